The molecule has 0 aliphatic carbocycles. The molecule has 0 atom stereocenters. The molecule has 6 rings (SSSR count). The number of aryl methyl sites for hydroxylation is 2. The molecule has 0 heterocycles. The molecule has 0 spiro atoms. The number of hydrogen-bond acceptors (Lipinski definition) is 8. The van der Waals surface area contributed by atoms with Crippen LogP contribution in [0, 0.1) is 37.5 Å². The van der Waals surface area contributed by atoms with Crippen molar-refractivity contribution in [3.63, 3.8) is 0 Å². The van der Waals surface area contributed by atoms with Crippen molar-refractivity contribution in [2.45, 2.75) is 49.7 Å². The molecule has 8 heteroatoms. The number of thioether (sulfide) groups is 2. The van der Waals surface area contributed by atoms with Crippen LogP contribution in [0.4, 0.5) is 0 Å². The highest BCUT2D eigenvalue weighted by Gasteiger charge is 2.05. The molecule has 0 aromatic heterocycles. The topological polar surface area (TPSA) is 71.1 Å². The minimum Gasteiger partial charge on any atom is -0.489 e. The van der Waals surface area contributed by atoms with Crippen molar-refractivity contribution in [3.05, 3.63) is 191 Å². The quantitative estimate of drug-likeness (QED) is 0.0278. The van der Waals surface area contributed by atoms with E-state index in [1.165, 1.54) is 21.9 Å². The maximum atomic E-state index is 11.2. The van der Waals surface area contributed by atoms with Gasteiger partial charge in [-0.2, -0.15) is 0 Å². The van der Waals surface area contributed by atoms with Crippen LogP contribution in [0.15, 0.2) is 156 Å². The number of esters is 2. The standard InChI is InChI=1S/C54H48O6S2/c1-5-53(55)57-29-7-31-61-51-27-23-45(39(3)33-51)19-17-41-9-13-43(14-10-41)37-59-49-25-21-48-36-50(26-22-47(48)35-49)60-38-44-15-11-42(12-16-44)18-20-46-24-28-52(34-40(46)4)62-32-8-30-58-54(56)6-2/h5-6,9-16,21-28,33-36H,1-2,7-8,29-32,37-38H2,3-4H3. The Balaban J connectivity index is 0.931. The van der Waals surface area contributed by atoms with E-state index in [1.54, 1.807) is 23.5 Å². The summed E-state index contributed by atoms with van der Waals surface area (Å²) in [5.41, 5.74) is 8.24. The summed E-state index contributed by atoms with van der Waals surface area (Å²) in [5, 5.41) is 2.15. The average molecular weight is 857 g/mol. The maximum absolute atomic E-state index is 11.2. The third-order valence-corrected chi connectivity index (χ3v) is 11.7. The van der Waals surface area contributed by atoms with Gasteiger partial charge >= 0.3 is 11.9 Å². The van der Waals surface area contributed by atoms with Crippen LogP contribution >= 0.6 is 23.5 Å². The first-order chi connectivity index (χ1) is 30.2. The van der Waals surface area contributed by atoms with Crippen molar-refractivity contribution in [1.82, 2.24) is 0 Å². The molecule has 62 heavy (non-hydrogen) atoms. The minimum absolute atomic E-state index is 0.384. The van der Waals surface area contributed by atoms with Crippen molar-refractivity contribution in [1.29, 1.82) is 0 Å². The van der Waals surface area contributed by atoms with Gasteiger partial charge in [-0.25, -0.2) is 9.59 Å². The van der Waals surface area contributed by atoms with Crippen LogP contribution < -0.4 is 9.47 Å². The molecule has 6 aromatic rings. The van der Waals surface area contributed by atoms with Crippen LogP contribution in [-0.4, -0.2) is 36.7 Å². The lowest BCUT2D eigenvalue weighted by atomic mass is 10.1. The highest BCUT2D eigenvalue weighted by molar-refractivity contribution is 7.99. The van der Waals surface area contributed by atoms with E-state index in [1.807, 2.05) is 36.4 Å². The molecule has 0 amide bonds. The molecule has 0 bridgehead atoms. The summed E-state index contributed by atoms with van der Waals surface area (Å²) in [6.07, 6.45) is 3.93. The molecule has 0 aliphatic heterocycles. The Morgan fingerprint density at radius 2 is 0.952 bits per heavy atom. The third kappa shape index (κ3) is 14.3. The molecule has 0 saturated carbocycles. The van der Waals surface area contributed by atoms with E-state index in [-0.39, 0.29) is 11.9 Å². The number of benzene rings is 6. The van der Waals surface area contributed by atoms with Gasteiger partial charge in [0.1, 0.15) is 24.7 Å². The van der Waals surface area contributed by atoms with Gasteiger partial charge in [-0.15, -0.1) is 23.5 Å². The summed E-state index contributed by atoms with van der Waals surface area (Å²) in [6, 6.07) is 41.1. The van der Waals surface area contributed by atoms with Crippen LogP contribution in [-0.2, 0) is 32.3 Å². The summed E-state index contributed by atoms with van der Waals surface area (Å²) < 4.78 is 22.4. The monoisotopic (exact) mass is 856 g/mol. The summed E-state index contributed by atoms with van der Waals surface area (Å²) in [7, 11) is 0. The second-order valence-corrected chi connectivity index (χ2v) is 16.6. The third-order valence-electron chi connectivity index (χ3n) is 9.52. The van der Waals surface area contributed by atoms with E-state index in [4.69, 9.17) is 18.9 Å². The lowest BCUT2D eigenvalue weighted by Gasteiger charge is -2.10. The second-order valence-electron chi connectivity index (χ2n) is 14.2. The molecule has 0 radical (unpaired) electrons. The summed E-state index contributed by atoms with van der Waals surface area (Å²) in [4.78, 5) is 24.7. The molecule has 0 aliphatic rings. The first kappa shape index (κ1) is 45.0. The van der Waals surface area contributed by atoms with Crippen molar-refractivity contribution in [2.75, 3.05) is 24.7 Å². The minimum atomic E-state index is -0.384. The Bertz CT molecular complexity index is 2460. The Morgan fingerprint density at radius 3 is 1.34 bits per heavy atom. The summed E-state index contributed by atoms with van der Waals surface area (Å²) >= 11 is 3.47. The van der Waals surface area contributed by atoms with Gasteiger partial charge in [0.25, 0.3) is 0 Å². The molecular formula is C54H48O6S2. The first-order valence-corrected chi connectivity index (χ1v) is 22.3. The normalized spacial score (nSPS) is 10.4. The van der Waals surface area contributed by atoms with Crippen molar-refractivity contribution in [2.24, 2.45) is 0 Å². The van der Waals surface area contributed by atoms with Crippen LogP contribution in [0.3, 0.4) is 0 Å². The number of fused-ring (bicyclic) bond motifs is 1. The smallest absolute Gasteiger partial charge is 0.330 e. The predicted octanol–water partition coefficient (Wildman–Crippen LogP) is 11.8. The summed E-state index contributed by atoms with van der Waals surface area (Å²) in [5.74, 6) is 15.7. The summed E-state index contributed by atoms with van der Waals surface area (Å²) in [6.45, 7) is 12.7. The van der Waals surface area contributed by atoms with E-state index in [9.17, 15) is 9.59 Å². The van der Waals surface area contributed by atoms with Gasteiger partial charge in [0, 0.05) is 55.7 Å². The predicted molar refractivity (Wildman–Crippen MR) is 253 cm³/mol. The fraction of sp³-hybridized carbons (Fsp3) is 0.185. The van der Waals surface area contributed by atoms with Crippen LogP contribution in [0.25, 0.3) is 10.8 Å². The second kappa shape index (κ2) is 23.4. The number of carbonyl (C=O) groups is 2. The molecule has 6 nitrogen and oxygen atoms in total. The zero-order valence-corrected chi connectivity index (χ0v) is 36.7. The van der Waals surface area contributed by atoms with Crippen LogP contribution in [0.5, 0.6) is 11.5 Å². The van der Waals surface area contributed by atoms with Crippen molar-refractivity contribution < 1.29 is 28.5 Å². The lowest BCUT2D eigenvalue weighted by molar-refractivity contribution is -0.138. The van der Waals surface area contributed by atoms with Crippen LogP contribution in [0.1, 0.15) is 57.3 Å². The van der Waals surface area contributed by atoms with Gasteiger partial charge in [0.15, 0.2) is 0 Å². The largest absolute Gasteiger partial charge is 0.489 e. The van der Waals surface area contributed by atoms with E-state index < -0.39 is 0 Å². The molecule has 0 saturated heterocycles. The van der Waals surface area contributed by atoms with Gasteiger partial charge in [0.2, 0.25) is 0 Å². The van der Waals surface area contributed by atoms with Gasteiger partial charge in [0.05, 0.1) is 13.2 Å². The zero-order chi connectivity index (χ0) is 43.5. The zero-order valence-electron chi connectivity index (χ0n) is 35.0. The molecule has 0 fully saturated rings. The molecule has 312 valence electrons. The number of hydrogen-bond donors (Lipinski definition) is 0. The van der Waals surface area contributed by atoms with E-state index in [0.29, 0.717) is 26.4 Å². The SMILES string of the molecule is C=CC(=O)OCCCSc1ccc(C#Cc2ccc(COc3ccc4cc(OCc5ccc(C#Cc6ccc(SCCCOC(=O)C=C)cc6C)cc5)ccc4c3)cc2)c(C)c1. The van der Waals surface area contributed by atoms with E-state index >= 15 is 0 Å². The Labute approximate surface area is 373 Å². The number of rotatable bonds is 18. The molecule has 0 unspecified atom stereocenters. The van der Waals surface area contributed by atoms with Gasteiger partial charge < -0.3 is 18.9 Å². The Morgan fingerprint density at radius 1 is 0.532 bits per heavy atom. The van der Waals surface area contributed by atoms with Crippen molar-refractivity contribution in [3.8, 4) is 35.2 Å². The highest BCUT2D eigenvalue weighted by Crippen LogP contribution is 2.27. The Kier molecular flexibility index (Phi) is 17.0. The van der Waals surface area contributed by atoms with E-state index in [2.05, 4.69) is 136 Å². The molecule has 0 N–H and O–H groups in total. The van der Waals surface area contributed by atoms with E-state index in [0.717, 1.165) is 91.1 Å². The number of carbonyl (C=O) groups excluding carboxylic acids is 2. The first-order valence-electron chi connectivity index (χ1n) is 20.3. The van der Waals surface area contributed by atoms with Crippen LogP contribution in [0.2, 0.25) is 0 Å². The van der Waals surface area contributed by atoms with Crippen molar-refractivity contribution >= 4 is 46.2 Å². The maximum Gasteiger partial charge on any atom is 0.330 e. The molecule has 6 aromatic carbocycles. The highest BCUT2D eigenvalue weighted by atomic mass is 32.2. The number of ether oxygens (including phenoxy) is 4. The molecular weight excluding hydrogens is 809 g/mol. The lowest BCUT2D eigenvalue weighted by Crippen LogP contribution is -2.02. The fourth-order valence-corrected chi connectivity index (χ4v) is 7.90. The van der Waals surface area contributed by atoms with Gasteiger partial charge in [-0.05, 0) is 145 Å². The fourth-order valence-electron chi connectivity index (χ4n) is 6.06. The van der Waals surface area contributed by atoms with Gasteiger partial charge in [-0.1, -0.05) is 73.2 Å². The van der Waals surface area contributed by atoms with Gasteiger partial charge in [-0.3, -0.25) is 0 Å². The average Bonchev–Trinajstić information content (AvgIpc) is 3.29. The Hall–Kier alpha value is -6.58.